The zero-order valence-electron chi connectivity index (χ0n) is 10.8. The smallest absolute Gasteiger partial charge is 0.335 e. The number of nitrogens with one attached hydrogen (secondary N) is 2. The van der Waals surface area contributed by atoms with Crippen molar-refractivity contribution in [3.05, 3.63) is 27.7 Å². The number of hydrogen-bond acceptors (Lipinski definition) is 3. The lowest BCUT2D eigenvalue weighted by molar-refractivity contribution is 0.232. The van der Waals surface area contributed by atoms with Crippen LogP contribution in [0, 0.1) is 0 Å². The second kappa shape index (κ2) is 6.12. The molecule has 0 radical (unpaired) electrons. The molecule has 0 aliphatic heterocycles. The van der Waals surface area contributed by atoms with Crippen LogP contribution in [0.4, 0.5) is 4.79 Å². The van der Waals surface area contributed by atoms with Gasteiger partial charge in [0, 0.05) is 16.1 Å². The van der Waals surface area contributed by atoms with E-state index in [0.29, 0.717) is 10.6 Å². The molecule has 0 atom stereocenters. The van der Waals surface area contributed by atoms with E-state index in [0.717, 1.165) is 0 Å². The molecule has 1 aromatic carbocycles. The van der Waals surface area contributed by atoms with Crippen molar-refractivity contribution in [2.75, 3.05) is 0 Å². The molecular weight excluding hydrogens is 289 g/mol. The highest BCUT2D eigenvalue weighted by Gasteiger charge is 2.12. The Hall–Kier alpha value is -1.46. The summed E-state index contributed by atoms with van der Waals surface area (Å²) in [5, 5.41) is 16.5. The molecule has 0 bridgehead atoms. The molecule has 0 aliphatic carbocycles. The van der Waals surface area contributed by atoms with Crippen LogP contribution in [-0.2, 0) is 0 Å². The van der Waals surface area contributed by atoms with E-state index in [1.165, 1.54) is 18.3 Å². The molecule has 0 aliphatic rings. The van der Waals surface area contributed by atoms with Gasteiger partial charge in [-0.25, -0.2) is 10.2 Å². The van der Waals surface area contributed by atoms with Crippen molar-refractivity contribution < 1.29 is 9.90 Å². The SMILES string of the molecule is CC(C)(C)NC(=O)NN=Cc1cc(Cl)cc(Cl)c1O. The molecule has 0 heterocycles. The number of nitrogens with zero attached hydrogens (tertiary/aromatic N) is 1. The van der Waals surface area contributed by atoms with Gasteiger partial charge in [-0.1, -0.05) is 23.2 Å². The molecule has 104 valence electrons. The molecule has 0 saturated heterocycles. The Kier molecular flexibility index (Phi) is 5.03. The zero-order valence-corrected chi connectivity index (χ0v) is 12.3. The summed E-state index contributed by atoms with van der Waals surface area (Å²) in [6, 6.07) is 2.45. The van der Waals surface area contributed by atoms with Gasteiger partial charge in [-0.15, -0.1) is 0 Å². The largest absolute Gasteiger partial charge is 0.506 e. The molecule has 0 aromatic heterocycles. The highest BCUT2D eigenvalue weighted by Crippen LogP contribution is 2.29. The van der Waals surface area contributed by atoms with E-state index < -0.39 is 6.03 Å². The number of carbonyl (C=O) groups excluding carboxylic acids is 1. The minimum atomic E-state index is -0.448. The number of amides is 2. The van der Waals surface area contributed by atoms with Crippen molar-refractivity contribution in [3.63, 3.8) is 0 Å². The van der Waals surface area contributed by atoms with Gasteiger partial charge < -0.3 is 10.4 Å². The van der Waals surface area contributed by atoms with Crippen LogP contribution in [0.3, 0.4) is 0 Å². The summed E-state index contributed by atoms with van der Waals surface area (Å²) in [6.07, 6.45) is 1.26. The maximum atomic E-state index is 11.4. The van der Waals surface area contributed by atoms with Gasteiger partial charge in [0.15, 0.2) is 0 Å². The zero-order chi connectivity index (χ0) is 14.6. The lowest BCUT2D eigenvalue weighted by Gasteiger charge is -2.19. The lowest BCUT2D eigenvalue weighted by Crippen LogP contribution is -2.44. The predicted molar refractivity (Wildman–Crippen MR) is 77.1 cm³/mol. The fourth-order valence-corrected chi connectivity index (χ4v) is 1.72. The maximum Gasteiger partial charge on any atom is 0.335 e. The second-order valence-corrected chi connectivity index (χ2v) is 5.74. The average molecular weight is 304 g/mol. The number of carbonyl (C=O) groups is 1. The monoisotopic (exact) mass is 303 g/mol. The Balaban J connectivity index is 2.71. The van der Waals surface area contributed by atoms with Gasteiger partial charge >= 0.3 is 6.03 Å². The first-order valence-electron chi connectivity index (χ1n) is 5.48. The van der Waals surface area contributed by atoms with Crippen molar-refractivity contribution in [1.82, 2.24) is 10.7 Å². The summed E-state index contributed by atoms with van der Waals surface area (Å²) < 4.78 is 0. The normalized spacial score (nSPS) is 11.6. The summed E-state index contributed by atoms with van der Waals surface area (Å²) in [4.78, 5) is 11.4. The van der Waals surface area contributed by atoms with E-state index in [1.54, 1.807) is 0 Å². The first kappa shape index (κ1) is 15.6. The van der Waals surface area contributed by atoms with Gasteiger partial charge in [-0.2, -0.15) is 5.10 Å². The van der Waals surface area contributed by atoms with E-state index in [2.05, 4.69) is 15.8 Å². The van der Waals surface area contributed by atoms with Crippen LogP contribution in [0.25, 0.3) is 0 Å². The van der Waals surface area contributed by atoms with Crippen molar-refractivity contribution in [2.45, 2.75) is 26.3 Å². The van der Waals surface area contributed by atoms with E-state index >= 15 is 0 Å². The van der Waals surface area contributed by atoms with Gasteiger partial charge in [-0.05, 0) is 32.9 Å². The van der Waals surface area contributed by atoms with Crippen LogP contribution >= 0.6 is 23.2 Å². The summed E-state index contributed by atoms with van der Waals surface area (Å²) in [5.41, 5.74) is 2.23. The van der Waals surface area contributed by atoms with E-state index in [1.807, 2.05) is 20.8 Å². The highest BCUT2D eigenvalue weighted by atomic mass is 35.5. The first-order chi connectivity index (χ1) is 8.69. The van der Waals surface area contributed by atoms with Crippen molar-refractivity contribution in [1.29, 1.82) is 0 Å². The first-order valence-corrected chi connectivity index (χ1v) is 6.24. The number of halogens is 2. The Morgan fingerprint density at radius 1 is 1.37 bits per heavy atom. The Labute approximate surface area is 121 Å². The molecule has 1 aromatic rings. The van der Waals surface area contributed by atoms with Gasteiger partial charge in [0.1, 0.15) is 5.75 Å². The Morgan fingerprint density at radius 3 is 2.58 bits per heavy atom. The van der Waals surface area contributed by atoms with Gasteiger partial charge in [0.05, 0.1) is 11.2 Å². The minimum Gasteiger partial charge on any atom is -0.506 e. The molecule has 1 rings (SSSR count). The van der Waals surface area contributed by atoms with Gasteiger partial charge in [-0.3, -0.25) is 0 Å². The second-order valence-electron chi connectivity index (χ2n) is 4.90. The molecule has 5 nitrogen and oxygen atoms in total. The number of aromatic hydroxyl groups is 1. The lowest BCUT2D eigenvalue weighted by atomic mass is 10.1. The molecule has 0 spiro atoms. The molecular formula is C12H15Cl2N3O2. The molecule has 19 heavy (non-hydrogen) atoms. The van der Waals surface area contributed by atoms with Crippen molar-refractivity contribution in [2.24, 2.45) is 5.10 Å². The Morgan fingerprint density at radius 2 is 2.00 bits per heavy atom. The molecule has 7 heteroatoms. The summed E-state index contributed by atoms with van der Waals surface area (Å²) >= 11 is 11.5. The van der Waals surface area contributed by atoms with E-state index in [9.17, 15) is 9.90 Å². The molecule has 0 saturated carbocycles. The van der Waals surface area contributed by atoms with Crippen LogP contribution < -0.4 is 10.7 Å². The maximum absolute atomic E-state index is 11.4. The van der Waals surface area contributed by atoms with Crippen LogP contribution in [0.2, 0.25) is 10.0 Å². The summed E-state index contributed by atoms with van der Waals surface area (Å²) in [7, 11) is 0. The van der Waals surface area contributed by atoms with Crippen LogP contribution in [-0.4, -0.2) is 22.9 Å². The molecule has 3 N–H and O–H groups in total. The fourth-order valence-electron chi connectivity index (χ4n) is 1.21. The van der Waals surface area contributed by atoms with E-state index in [4.69, 9.17) is 23.2 Å². The van der Waals surface area contributed by atoms with Crippen molar-refractivity contribution >= 4 is 35.4 Å². The number of urea groups is 1. The average Bonchev–Trinajstić information content (AvgIpc) is 2.22. The van der Waals surface area contributed by atoms with Gasteiger partial charge in [0.2, 0.25) is 0 Å². The number of phenolic OH excluding ortho intramolecular Hbond substituents is 1. The van der Waals surface area contributed by atoms with E-state index in [-0.39, 0.29) is 16.3 Å². The number of benzene rings is 1. The molecule has 0 unspecified atom stereocenters. The third-order valence-electron chi connectivity index (χ3n) is 1.92. The number of phenols is 1. The number of hydrogen-bond donors (Lipinski definition) is 3. The standard InChI is InChI=1S/C12H15Cl2N3O2/c1-12(2,3)16-11(19)17-15-6-7-4-8(13)5-9(14)10(7)18/h4-6,18H,1-3H3,(H2,16,17,19). The third kappa shape index (κ3) is 5.36. The summed E-state index contributed by atoms with van der Waals surface area (Å²) in [5.74, 6) is -0.146. The van der Waals surface area contributed by atoms with Crippen LogP contribution in [0.15, 0.2) is 17.2 Å². The number of rotatable bonds is 2. The molecule has 0 fully saturated rings. The summed E-state index contributed by atoms with van der Waals surface area (Å²) in [6.45, 7) is 5.54. The predicted octanol–water partition coefficient (Wildman–Crippen LogP) is 3.13. The Bertz CT molecular complexity index is 510. The fraction of sp³-hybridized carbons (Fsp3) is 0.333. The highest BCUT2D eigenvalue weighted by molar-refractivity contribution is 6.36. The number of hydrazone groups is 1. The minimum absolute atomic E-state index is 0.119. The van der Waals surface area contributed by atoms with Crippen molar-refractivity contribution in [3.8, 4) is 5.75 Å². The van der Waals surface area contributed by atoms with Crippen LogP contribution in [0.1, 0.15) is 26.3 Å². The quantitative estimate of drug-likeness (QED) is 0.580. The van der Waals surface area contributed by atoms with Gasteiger partial charge in [0.25, 0.3) is 0 Å². The third-order valence-corrected chi connectivity index (χ3v) is 2.42. The van der Waals surface area contributed by atoms with Crippen LogP contribution in [0.5, 0.6) is 5.75 Å². The topological polar surface area (TPSA) is 73.7 Å². The molecule has 2 amide bonds.